The van der Waals surface area contributed by atoms with Crippen molar-refractivity contribution in [2.45, 2.75) is 18.6 Å². The first-order valence-corrected chi connectivity index (χ1v) is 4.23. The molecule has 3 heteroatoms. The van der Waals surface area contributed by atoms with Crippen molar-refractivity contribution in [3.8, 4) is 6.07 Å². The van der Waals surface area contributed by atoms with Gasteiger partial charge in [-0.2, -0.15) is 5.26 Å². The second-order valence-corrected chi connectivity index (χ2v) is 3.19. The van der Waals surface area contributed by atoms with Crippen molar-refractivity contribution in [1.29, 1.82) is 5.26 Å². The first-order valence-electron chi connectivity index (χ1n) is 4.23. The summed E-state index contributed by atoms with van der Waals surface area (Å²) in [5.74, 6) is 0. The maximum Gasteiger partial charge on any atom is 0.160 e. The Morgan fingerprint density at radius 2 is 2.31 bits per heavy atom. The summed E-state index contributed by atoms with van der Waals surface area (Å²) in [5, 5.41) is 21.0. The van der Waals surface area contributed by atoms with Crippen LogP contribution in [0.4, 0.5) is 5.69 Å². The van der Waals surface area contributed by atoms with Crippen molar-refractivity contribution >= 4 is 5.69 Å². The predicted octanol–water partition coefficient (Wildman–Crippen LogP) is 0.908. The number of anilines is 1. The number of nitrogens with zero attached hydrogens (tertiary/aromatic N) is 1. The highest BCUT2D eigenvalue weighted by molar-refractivity contribution is 5.57. The SMILES string of the molecule is N#CC(O)C1Cc2ccccc2N1. The highest BCUT2D eigenvalue weighted by Crippen LogP contribution is 2.26. The van der Waals surface area contributed by atoms with Crippen LogP contribution in [0.3, 0.4) is 0 Å². The zero-order valence-electron chi connectivity index (χ0n) is 7.07. The van der Waals surface area contributed by atoms with Crippen LogP contribution in [0.15, 0.2) is 24.3 Å². The van der Waals surface area contributed by atoms with Gasteiger partial charge >= 0.3 is 0 Å². The fourth-order valence-electron chi connectivity index (χ4n) is 1.61. The van der Waals surface area contributed by atoms with Crippen molar-refractivity contribution in [2.75, 3.05) is 5.32 Å². The molecule has 2 unspecified atom stereocenters. The molecule has 3 nitrogen and oxygen atoms in total. The van der Waals surface area contributed by atoms with E-state index < -0.39 is 6.10 Å². The maximum atomic E-state index is 9.31. The summed E-state index contributed by atoms with van der Waals surface area (Å²) in [7, 11) is 0. The van der Waals surface area contributed by atoms with E-state index >= 15 is 0 Å². The van der Waals surface area contributed by atoms with Crippen molar-refractivity contribution in [1.82, 2.24) is 0 Å². The summed E-state index contributed by atoms with van der Waals surface area (Å²) in [4.78, 5) is 0. The van der Waals surface area contributed by atoms with E-state index in [0.29, 0.717) is 0 Å². The molecule has 66 valence electrons. The molecule has 0 amide bonds. The van der Waals surface area contributed by atoms with Crippen LogP contribution < -0.4 is 5.32 Å². The van der Waals surface area contributed by atoms with E-state index in [1.807, 2.05) is 30.3 Å². The number of aliphatic hydroxyl groups excluding tert-OH is 1. The largest absolute Gasteiger partial charge is 0.378 e. The molecule has 2 rings (SSSR count). The smallest absolute Gasteiger partial charge is 0.160 e. The molecule has 0 radical (unpaired) electrons. The Hall–Kier alpha value is -1.53. The quantitative estimate of drug-likeness (QED) is 0.622. The van der Waals surface area contributed by atoms with E-state index in [-0.39, 0.29) is 6.04 Å². The van der Waals surface area contributed by atoms with Crippen LogP contribution in [0.2, 0.25) is 0 Å². The molecule has 0 bridgehead atoms. The van der Waals surface area contributed by atoms with Gasteiger partial charge in [-0.1, -0.05) is 18.2 Å². The molecule has 0 aromatic heterocycles. The van der Waals surface area contributed by atoms with Gasteiger partial charge in [-0.25, -0.2) is 0 Å². The number of hydrogen-bond acceptors (Lipinski definition) is 3. The lowest BCUT2D eigenvalue weighted by molar-refractivity contribution is 0.208. The predicted molar refractivity (Wildman–Crippen MR) is 49.2 cm³/mol. The van der Waals surface area contributed by atoms with E-state index in [2.05, 4.69) is 5.32 Å². The number of fused-ring (bicyclic) bond motifs is 1. The van der Waals surface area contributed by atoms with Gasteiger partial charge in [0.05, 0.1) is 12.1 Å². The van der Waals surface area contributed by atoms with Gasteiger partial charge in [0.2, 0.25) is 0 Å². The highest BCUT2D eigenvalue weighted by Gasteiger charge is 2.25. The second kappa shape index (κ2) is 3.08. The third kappa shape index (κ3) is 1.36. The average Bonchev–Trinajstić information content (AvgIpc) is 2.59. The molecule has 0 saturated carbocycles. The molecule has 13 heavy (non-hydrogen) atoms. The van der Waals surface area contributed by atoms with E-state index in [9.17, 15) is 5.11 Å². The lowest BCUT2D eigenvalue weighted by atomic mass is 10.1. The standard InChI is InChI=1S/C10H10N2O/c11-6-10(13)9-5-7-3-1-2-4-8(7)12-9/h1-4,9-10,12-13H,5H2. The maximum absolute atomic E-state index is 9.31. The minimum atomic E-state index is -0.924. The van der Waals surface area contributed by atoms with Gasteiger partial charge in [-0.05, 0) is 18.1 Å². The van der Waals surface area contributed by atoms with Gasteiger partial charge in [0, 0.05) is 5.69 Å². The number of aliphatic hydroxyl groups is 1. The fourth-order valence-corrected chi connectivity index (χ4v) is 1.61. The van der Waals surface area contributed by atoms with Gasteiger partial charge in [-0.3, -0.25) is 0 Å². The van der Waals surface area contributed by atoms with Crippen LogP contribution >= 0.6 is 0 Å². The summed E-state index contributed by atoms with van der Waals surface area (Å²) >= 11 is 0. The summed E-state index contributed by atoms with van der Waals surface area (Å²) in [5.41, 5.74) is 2.20. The van der Waals surface area contributed by atoms with Crippen molar-refractivity contribution in [3.63, 3.8) is 0 Å². The molecular weight excluding hydrogens is 164 g/mol. The summed E-state index contributed by atoms with van der Waals surface area (Å²) in [6.07, 6.45) is -0.197. The van der Waals surface area contributed by atoms with Crippen molar-refractivity contribution < 1.29 is 5.11 Å². The Labute approximate surface area is 76.6 Å². The van der Waals surface area contributed by atoms with Gasteiger partial charge in [0.1, 0.15) is 0 Å². The molecule has 1 aromatic carbocycles. The monoisotopic (exact) mass is 174 g/mol. The number of rotatable bonds is 1. The summed E-state index contributed by atoms with van der Waals surface area (Å²) < 4.78 is 0. The van der Waals surface area contributed by atoms with Crippen molar-refractivity contribution in [2.24, 2.45) is 0 Å². The Morgan fingerprint density at radius 1 is 1.54 bits per heavy atom. The number of nitrogens with one attached hydrogen (secondary N) is 1. The van der Waals surface area contributed by atoms with Crippen LogP contribution in [0.5, 0.6) is 0 Å². The van der Waals surface area contributed by atoms with Crippen LogP contribution in [-0.2, 0) is 6.42 Å². The number of para-hydroxylation sites is 1. The Kier molecular flexibility index (Phi) is 1.91. The molecule has 0 fully saturated rings. The molecule has 0 saturated heterocycles. The molecule has 1 aliphatic rings. The molecule has 0 aliphatic carbocycles. The highest BCUT2D eigenvalue weighted by atomic mass is 16.3. The molecule has 2 N–H and O–H groups in total. The molecule has 2 atom stereocenters. The molecule has 1 aromatic rings. The van der Waals surface area contributed by atoms with E-state index in [0.717, 1.165) is 12.1 Å². The number of benzene rings is 1. The third-order valence-electron chi connectivity index (χ3n) is 2.31. The molecule has 1 aliphatic heterocycles. The average molecular weight is 174 g/mol. The van der Waals surface area contributed by atoms with Gasteiger partial charge in [0.15, 0.2) is 6.10 Å². The zero-order valence-corrected chi connectivity index (χ0v) is 7.07. The third-order valence-corrected chi connectivity index (χ3v) is 2.31. The molecule has 0 spiro atoms. The van der Waals surface area contributed by atoms with E-state index in [4.69, 9.17) is 5.26 Å². The van der Waals surface area contributed by atoms with Crippen LogP contribution in [0.25, 0.3) is 0 Å². The Bertz CT molecular complexity index is 331. The first kappa shape index (κ1) is 8.09. The molecular formula is C10H10N2O. The van der Waals surface area contributed by atoms with Gasteiger partial charge in [0.25, 0.3) is 0 Å². The minimum Gasteiger partial charge on any atom is -0.378 e. The summed E-state index contributed by atoms with van der Waals surface area (Å²) in [6, 6.07) is 9.55. The van der Waals surface area contributed by atoms with Crippen LogP contribution in [0, 0.1) is 11.3 Å². The second-order valence-electron chi connectivity index (χ2n) is 3.19. The summed E-state index contributed by atoms with van der Waals surface area (Å²) in [6.45, 7) is 0. The van der Waals surface area contributed by atoms with E-state index in [1.54, 1.807) is 0 Å². The van der Waals surface area contributed by atoms with Gasteiger partial charge < -0.3 is 10.4 Å². The van der Waals surface area contributed by atoms with Crippen LogP contribution in [-0.4, -0.2) is 17.3 Å². The Balaban J connectivity index is 2.19. The topological polar surface area (TPSA) is 56.0 Å². The zero-order chi connectivity index (χ0) is 9.26. The lowest BCUT2D eigenvalue weighted by Crippen LogP contribution is -2.30. The van der Waals surface area contributed by atoms with Gasteiger partial charge in [-0.15, -0.1) is 0 Å². The lowest BCUT2D eigenvalue weighted by Gasteiger charge is -2.11. The van der Waals surface area contributed by atoms with Crippen LogP contribution in [0.1, 0.15) is 5.56 Å². The molecule has 1 heterocycles. The minimum absolute atomic E-state index is 0.151. The normalized spacial score (nSPS) is 21.4. The van der Waals surface area contributed by atoms with Crippen molar-refractivity contribution in [3.05, 3.63) is 29.8 Å². The Morgan fingerprint density at radius 3 is 3.00 bits per heavy atom. The fraction of sp³-hybridized carbons (Fsp3) is 0.300. The first-order chi connectivity index (χ1) is 6.31. The van der Waals surface area contributed by atoms with E-state index in [1.165, 1.54) is 5.56 Å². The number of nitriles is 1. The number of hydrogen-bond donors (Lipinski definition) is 2.